The molecular weight excluding hydrogens is 318 g/mol. The van der Waals surface area contributed by atoms with Gasteiger partial charge in [-0.05, 0) is 19.8 Å². The average molecular weight is 337 g/mol. The Bertz CT molecular complexity index is 792. The van der Waals surface area contributed by atoms with Crippen molar-refractivity contribution >= 4 is 22.4 Å². The molecule has 124 valence electrons. The van der Waals surface area contributed by atoms with Gasteiger partial charge in [0, 0.05) is 24.1 Å². The predicted molar refractivity (Wildman–Crippen MR) is 87.9 cm³/mol. The van der Waals surface area contributed by atoms with Crippen molar-refractivity contribution in [2.24, 2.45) is 0 Å². The summed E-state index contributed by atoms with van der Waals surface area (Å²) in [6, 6.07) is 0. The Morgan fingerprint density at radius 1 is 1.22 bits per heavy atom. The van der Waals surface area contributed by atoms with Crippen LogP contribution in [0.3, 0.4) is 0 Å². The van der Waals surface area contributed by atoms with E-state index in [9.17, 15) is 14.4 Å². The lowest BCUT2D eigenvalue weighted by Gasteiger charge is -2.03. The predicted octanol–water partition coefficient (Wildman–Crippen LogP) is 1.14. The first-order chi connectivity index (χ1) is 11.0. The van der Waals surface area contributed by atoms with E-state index >= 15 is 0 Å². The molecule has 2 aromatic heterocycles. The second-order valence-corrected chi connectivity index (χ2v) is 6.23. The maximum absolute atomic E-state index is 11.9. The van der Waals surface area contributed by atoms with E-state index in [2.05, 4.69) is 32.4 Å². The lowest BCUT2D eigenvalue weighted by molar-refractivity contribution is -0.116. The molecule has 0 aliphatic heterocycles. The fourth-order valence-electron chi connectivity index (χ4n) is 2.08. The van der Waals surface area contributed by atoms with Crippen molar-refractivity contribution in [1.29, 1.82) is 0 Å². The minimum atomic E-state index is -0.547. The summed E-state index contributed by atoms with van der Waals surface area (Å²) in [6.45, 7) is 3.73. The topological polar surface area (TPSA) is 121 Å². The van der Waals surface area contributed by atoms with Gasteiger partial charge >= 0.3 is 5.69 Å². The van der Waals surface area contributed by atoms with Crippen LogP contribution in [0.1, 0.15) is 42.5 Å². The molecule has 0 aromatic carbocycles. The summed E-state index contributed by atoms with van der Waals surface area (Å²) in [5, 5.41) is 12.0. The highest BCUT2D eigenvalue weighted by Gasteiger charge is 2.11. The molecule has 0 radical (unpaired) electrons. The Kier molecular flexibility index (Phi) is 5.80. The van der Waals surface area contributed by atoms with Gasteiger partial charge < -0.3 is 10.3 Å². The van der Waals surface area contributed by atoms with Crippen LogP contribution in [-0.2, 0) is 17.6 Å². The molecule has 9 heteroatoms. The molecule has 0 atom stereocenters. The number of H-pyrrole nitrogens is 2. The summed E-state index contributed by atoms with van der Waals surface area (Å²) in [5.74, 6) is -0.242. The zero-order valence-electron chi connectivity index (χ0n) is 13.1. The summed E-state index contributed by atoms with van der Waals surface area (Å²) in [7, 11) is 0. The van der Waals surface area contributed by atoms with E-state index in [1.807, 2.05) is 0 Å². The number of hydrogen-bond acceptors (Lipinski definition) is 6. The summed E-state index contributed by atoms with van der Waals surface area (Å²) in [5.41, 5.74) is -0.129. The second-order valence-electron chi connectivity index (χ2n) is 5.16. The molecule has 2 rings (SSSR count). The number of carbonyl (C=O) groups excluding carboxylic acids is 1. The van der Waals surface area contributed by atoms with E-state index < -0.39 is 11.2 Å². The molecule has 23 heavy (non-hydrogen) atoms. The lowest BCUT2D eigenvalue weighted by atomic mass is 10.1. The molecule has 1 amide bonds. The van der Waals surface area contributed by atoms with Crippen molar-refractivity contribution in [3.63, 3.8) is 0 Å². The van der Waals surface area contributed by atoms with E-state index in [0.29, 0.717) is 16.4 Å². The number of nitrogens with one attached hydrogen (secondary N) is 3. The Labute approximate surface area is 136 Å². The molecule has 0 aliphatic carbocycles. The third kappa shape index (κ3) is 4.85. The first-order valence-corrected chi connectivity index (χ1v) is 8.25. The van der Waals surface area contributed by atoms with Crippen molar-refractivity contribution in [1.82, 2.24) is 20.2 Å². The number of anilines is 1. The van der Waals surface area contributed by atoms with E-state index in [1.54, 1.807) is 6.92 Å². The number of aromatic amines is 2. The summed E-state index contributed by atoms with van der Waals surface area (Å²) in [6.07, 6.45) is 3.34. The highest BCUT2D eigenvalue weighted by Crippen LogP contribution is 2.17. The molecule has 3 N–H and O–H groups in total. The number of aryl methyl sites for hydroxylation is 2. The quantitative estimate of drug-likeness (QED) is 0.699. The standard InChI is InChI=1S/C14H19N5O3S/c1-3-4-5-11-18-19-14(23-11)16-10(20)7-6-9-8(2)15-13(22)17-12(9)21/h3-7H2,1-2H3,(H,16,19,20)(H2,15,17,21,22). The zero-order chi connectivity index (χ0) is 16.8. The van der Waals surface area contributed by atoms with Gasteiger partial charge in [-0.25, -0.2) is 4.79 Å². The van der Waals surface area contributed by atoms with Gasteiger partial charge in [-0.1, -0.05) is 24.7 Å². The van der Waals surface area contributed by atoms with Gasteiger partial charge in [0.15, 0.2) is 0 Å². The fraction of sp³-hybridized carbons (Fsp3) is 0.500. The number of carbonyl (C=O) groups is 1. The number of hydrogen-bond donors (Lipinski definition) is 3. The number of amides is 1. The van der Waals surface area contributed by atoms with E-state index in [4.69, 9.17) is 0 Å². The lowest BCUT2D eigenvalue weighted by Crippen LogP contribution is -2.27. The number of rotatable bonds is 7. The first-order valence-electron chi connectivity index (χ1n) is 7.44. The zero-order valence-corrected chi connectivity index (χ0v) is 13.9. The van der Waals surface area contributed by atoms with Gasteiger partial charge in [0.25, 0.3) is 5.56 Å². The smallest absolute Gasteiger partial charge is 0.311 e. The molecule has 0 saturated heterocycles. The van der Waals surface area contributed by atoms with Crippen LogP contribution in [0.4, 0.5) is 5.13 Å². The van der Waals surface area contributed by atoms with Gasteiger partial charge in [-0.15, -0.1) is 10.2 Å². The van der Waals surface area contributed by atoms with Crippen LogP contribution in [-0.4, -0.2) is 26.1 Å². The van der Waals surface area contributed by atoms with Crippen LogP contribution < -0.4 is 16.6 Å². The number of unbranched alkanes of at least 4 members (excludes halogenated alkanes) is 1. The minimum absolute atomic E-state index is 0.125. The maximum atomic E-state index is 11.9. The van der Waals surface area contributed by atoms with Crippen LogP contribution >= 0.6 is 11.3 Å². The van der Waals surface area contributed by atoms with Crippen LogP contribution in [0.2, 0.25) is 0 Å². The monoisotopic (exact) mass is 337 g/mol. The number of nitrogens with zero attached hydrogens (tertiary/aromatic N) is 2. The highest BCUT2D eigenvalue weighted by molar-refractivity contribution is 7.15. The van der Waals surface area contributed by atoms with Crippen LogP contribution in [0, 0.1) is 6.92 Å². The third-order valence-electron chi connectivity index (χ3n) is 3.31. The number of aromatic nitrogens is 4. The molecule has 0 unspecified atom stereocenters. The van der Waals surface area contributed by atoms with Crippen LogP contribution in [0.5, 0.6) is 0 Å². The first kappa shape index (κ1) is 17.1. The summed E-state index contributed by atoms with van der Waals surface area (Å²) in [4.78, 5) is 39.4. The van der Waals surface area contributed by atoms with E-state index in [0.717, 1.165) is 24.3 Å². The largest absolute Gasteiger partial charge is 0.325 e. The van der Waals surface area contributed by atoms with Gasteiger partial charge in [-0.3, -0.25) is 14.6 Å². The molecule has 0 aliphatic rings. The molecule has 0 saturated carbocycles. The molecule has 0 bridgehead atoms. The molecule has 0 fully saturated rings. The van der Waals surface area contributed by atoms with E-state index in [1.165, 1.54) is 11.3 Å². The molecular formula is C14H19N5O3S. The highest BCUT2D eigenvalue weighted by atomic mass is 32.1. The van der Waals surface area contributed by atoms with E-state index in [-0.39, 0.29) is 18.7 Å². The normalized spacial score (nSPS) is 10.7. The van der Waals surface area contributed by atoms with Gasteiger partial charge in [-0.2, -0.15) is 0 Å². The minimum Gasteiger partial charge on any atom is -0.311 e. The second kappa shape index (κ2) is 7.82. The Morgan fingerprint density at radius 2 is 2.00 bits per heavy atom. The fourth-order valence-corrected chi connectivity index (χ4v) is 2.88. The van der Waals surface area contributed by atoms with Crippen molar-refractivity contribution in [2.45, 2.75) is 46.0 Å². The van der Waals surface area contributed by atoms with Crippen molar-refractivity contribution < 1.29 is 4.79 Å². The van der Waals surface area contributed by atoms with Gasteiger partial charge in [0.1, 0.15) is 5.01 Å². The van der Waals surface area contributed by atoms with Crippen molar-refractivity contribution in [3.8, 4) is 0 Å². The van der Waals surface area contributed by atoms with Gasteiger partial charge in [0.05, 0.1) is 0 Å². The summed E-state index contributed by atoms with van der Waals surface area (Å²) < 4.78 is 0. The maximum Gasteiger partial charge on any atom is 0.325 e. The summed E-state index contributed by atoms with van der Waals surface area (Å²) >= 11 is 1.36. The van der Waals surface area contributed by atoms with Crippen molar-refractivity contribution in [2.75, 3.05) is 5.32 Å². The van der Waals surface area contributed by atoms with Crippen molar-refractivity contribution in [3.05, 3.63) is 37.1 Å². The average Bonchev–Trinajstić information content (AvgIpc) is 2.91. The molecule has 0 spiro atoms. The Hall–Kier alpha value is -2.29. The van der Waals surface area contributed by atoms with Crippen LogP contribution in [0.25, 0.3) is 0 Å². The molecule has 2 aromatic rings. The molecule has 8 nitrogen and oxygen atoms in total. The van der Waals surface area contributed by atoms with Gasteiger partial charge in [0.2, 0.25) is 11.0 Å². The Morgan fingerprint density at radius 3 is 2.70 bits per heavy atom. The SMILES string of the molecule is CCCCc1nnc(NC(=O)CCc2c(C)[nH]c(=O)[nH]c2=O)s1. The van der Waals surface area contributed by atoms with Crippen LogP contribution in [0.15, 0.2) is 9.59 Å². The molecule has 2 heterocycles. The third-order valence-corrected chi connectivity index (χ3v) is 4.21. The Balaban J connectivity index is 1.92.